The molecule has 0 radical (unpaired) electrons. The molecule has 0 unspecified atom stereocenters. The molecule has 0 aliphatic heterocycles. The molecule has 1 aromatic heterocycles. The predicted molar refractivity (Wildman–Crippen MR) is 68.7 cm³/mol. The Hall–Kier alpha value is -1.73. The van der Waals surface area contributed by atoms with Gasteiger partial charge in [0, 0.05) is 10.9 Å². The van der Waals surface area contributed by atoms with Crippen molar-refractivity contribution >= 4 is 22.5 Å². The van der Waals surface area contributed by atoms with E-state index in [1.807, 2.05) is 42.5 Å². The summed E-state index contributed by atoms with van der Waals surface area (Å²) in [6.45, 7) is 0. The van der Waals surface area contributed by atoms with Crippen LogP contribution < -0.4 is 0 Å². The van der Waals surface area contributed by atoms with Crippen LogP contribution in [0.15, 0.2) is 54.6 Å². The molecule has 78 valence electrons. The minimum atomic E-state index is 0.793. The quantitative estimate of drug-likeness (QED) is 0.631. The molecule has 0 fully saturated rings. The molecule has 0 bridgehead atoms. The van der Waals surface area contributed by atoms with Gasteiger partial charge in [-0.2, -0.15) is 0 Å². The summed E-state index contributed by atoms with van der Waals surface area (Å²) < 4.78 is 0. The van der Waals surface area contributed by atoms with E-state index in [1.165, 1.54) is 0 Å². The van der Waals surface area contributed by atoms with E-state index in [2.05, 4.69) is 17.1 Å². The molecular weight excluding hydrogens is 218 g/mol. The summed E-state index contributed by atoms with van der Waals surface area (Å²) in [5, 5.41) is 1.87. The minimum absolute atomic E-state index is 0.793. The third-order valence-electron chi connectivity index (χ3n) is 2.71. The fraction of sp³-hybridized carbons (Fsp3) is 0. The summed E-state index contributed by atoms with van der Waals surface area (Å²) in [6, 6.07) is 18.2. The fourth-order valence-electron chi connectivity index (χ4n) is 1.91. The number of aromatic amines is 1. The van der Waals surface area contributed by atoms with Crippen molar-refractivity contribution in [2.24, 2.45) is 0 Å². The third-order valence-corrected chi connectivity index (χ3v) is 3.10. The number of H-pyrrole nitrogens is 1. The van der Waals surface area contributed by atoms with Gasteiger partial charge in [0.2, 0.25) is 0 Å². The fourth-order valence-corrected chi connectivity index (χ4v) is 2.23. The lowest BCUT2D eigenvalue weighted by atomic mass is 10.1. The Morgan fingerprint density at radius 1 is 0.812 bits per heavy atom. The van der Waals surface area contributed by atoms with Gasteiger partial charge in [-0.25, -0.2) is 0 Å². The lowest BCUT2D eigenvalue weighted by Crippen LogP contribution is -1.76. The number of nitrogens with one attached hydrogen (secondary N) is 1. The van der Waals surface area contributed by atoms with Gasteiger partial charge >= 0.3 is 0 Å². The van der Waals surface area contributed by atoms with Gasteiger partial charge in [0.05, 0.1) is 10.7 Å². The monoisotopic (exact) mass is 227 g/mol. The maximum atomic E-state index is 6.36. The van der Waals surface area contributed by atoms with E-state index in [1.54, 1.807) is 0 Å². The largest absolute Gasteiger partial charge is 0.353 e. The van der Waals surface area contributed by atoms with E-state index in [-0.39, 0.29) is 0 Å². The highest BCUT2D eigenvalue weighted by Gasteiger charge is 2.09. The van der Waals surface area contributed by atoms with Gasteiger partial charge in [-0.15, -0.1) is 0 Å². The zero-order valence-corrected chi connectivity index (χ0v) is 9.33. The van der Waals surface area contributed by atoms with Gasteiger partial charge in [0.15, 0.2) is 0 Å². The molecule has 0 aliphatic rings. The molecule has 1 heterocycles. The molecule has 2 heteroatoms. The molecule has 0 saturated heterocycles. The molecule has 0 spiro atoms. The zero-order chi connectivity index (χ0) is 11.0. The zero-order valence-electron chi connectivity index (χ0n) is 8.57. The number of halogens is 1. The van der Waals surface area contributed by atoms with Gasteiger partial charge < -0.3 is 4.98 Å². The lowest BCUT2D eigenvalue weighted by Gasteiger charge is -1.97. The van der Waals surface area contributed by atoms with Gasteiger partial charge in [-0.1, -0.05) is 60.1 Å². The molecule has 1 nitrogen and oxygen atoms in total. The molecule has 0 atom stereocenters. The average Bonchev–Trinajstić information content (AvgIpc) is 2.69. The number of aromatic nitrogens is 1. The van der Waals surface area contributed by atoms with Crippen LogP contribution in [0.1, 0.15) is 0 Å². The first-order valence-electron chi connectivity index (χ1n) is 5.18. The number of benzene rings is 2. The SMILES string of the molecule is Clc1c(-c2ccccc2)[nH]c2ccccc12. The molecule has 2 aromatic carbocycles. The Balaban J connectivity index is 2.29. The van der Waals surface area contributed by atoms with Crippen LogP contribution in [0.2, 0.25) is 5.02 Å². The standard InChI is InChI=1S/C14H10ClN/c15-13-11-8-4-5-9-12(11)16-14(13)10-6-2-1-3-7-10/h1-9,16H. The van der Waals surface area contributed by atoms with E-state index in [9.17, 15) is 0 Å². The third kappa shape index (κ3) is 1.41. The van der Waals surface area contributed by atoms with Crippen LogP contribution in [0.25, 0.3) is 22.2 Å². The van der Waals surface area contributed by atoms with Crippen molar-refractivity contribution in [3.63, 3.8) is 0 Å². The highest BCUT2D eigenvalue weighted by Crippen LogP contribution is 2.33. The Morgan fingerprint density at radius 2 is 1.50 bits per heavy atom. The van der Waals surface area contributed by atoms with Crippen molar-refractivity contribution in [1.29, 1.82) is 0 Å². The average molecular weight is 228 g/mol. The number of fused-ring (bicyclic) bond motifs is 1. The molecular formula is C14H10ClN. The highest BCUT2D eigenvalue weighted by atomic mass is 35.5. The molecule has 0 amide bonds. The van der Waals surface area contributed by atoms with Crippen LogP contribution in [-0.2, 0) is 0 Å². The normalized spacial score (nSPS) is 10.8. The summed E-state index contributed by atoms with van der Waals surface area (Å²) in [6.07, 6.45) is 0. The van der Waals surface area contributed by atoms with E-state index >= 15 is 0 Å². The smallest absolute Gasteiger partial charge is 0.0740 e. The second-order valence-corrected chi connectivity index (χ2v) is 4.10. The molecule has 0 saturated carbocycles. The van der Waals surface area contributed by atoms with Crippen molar-refractivity contribution < 1.29 is 0 Å². The number of para-hydroxylation sites is 1. The Morgan fingerprint density at radius 3 is 2.25 bits per heavy atom. The topological polar surface area (TPSA) is 15.8 Å². The minimum Gasteiger partial charge on any atom is -0.353 e. The Labute approximate surface area is 98.7 Å². The second-order valence-electron chi connectivity index (χ2n) is 3.73. The number of hydrogen-bond acceptors (Lipinski definition) is 0. The summed E-state index contributed by atoms with van der Waals surface area (Å²) in [7, 11) is 0. The second kappa shape index (κ2) is 3.69. The van der Waals surface area contributed by atoms with Gasteiger partial charge in [0.1, 0.15) is 0 Å². The number of hydrogen-bond donors (Lipinski definition) is 1. The van der Waals surface area contributed by atoms with E-state index in [0.29, 0.717) is 0 Å². The maximum absolute atomic E-state index is 6.36. The van der Waals surface area contributed by atoms with Gasteiger partial charge in [-0.3, -0.25) is 0 Å². The van der Waals surface area contributed by atoms with Crippen molar-refractivity contribution in [3.05, 3.63) is 59.6 Å². The summed E-state index contributed by atoms with van der Waals surface area (Å²) in [5.41, 5.74) is 3.18. The van der Waals surface area contributed by atoms with Crippen LogP contribution in [0, 0.1) is 0 Å². The molecule has 3 aromatic rings. The Kier molecular flexibility index (Phi) is 2.19. The van der Waals surface area contributed by atoms with E-state index in [0.717, 1.165) is 27.2 Å². The van der Waals surface area contributed by atoms with Crippen LogP contribution in [0.4, 0.5) is 0 Å². The molecule has 3 rings (SSSR count). The van der Waals surface area contributed by atoms with Gasteiger partial charge in [-0.05, 0) is 11.6 Å². The predicted octanol–water partition coefficient (Wildman–Crippen LogP) is 4.49. The first-order valence-corrected chi connectivity index (χ1v) is 5.55. The summed E-state index contributed by atoms with van der Waals surface area (Å²) >= 11 is 6.36. The van der Waals surface area contributed by atoms with E-state index in [4.69, 9.17) is 11.6 Å². The molecule has 16 heavy (non-hydrogen) atoms. The van der Waals surface area contributed by atoms with E-state index < -0.39 is 0 Å². The van der Waals surface area contributed by atoms with Crippen molar-refractivity contribution in [2.75, 3.05) is 0 Å². The van der Waals surface area contributed by atoms with Crippen LogP contribution in [0.3, 0.4) is 0 Å². The lowest BCUT2D eigenvalue weighted by molar-refractivity contribution is 1.45. The Bertz CT molecular complexity index is 626. The highest BCUT2D eigenvalue weighted by molar-refractivity contribution is 6.38. The van der Waals surface area contributed by atoms with Crippen LogP contribution in [-0.4, -0.2) is 4.98 Å². The first kappa shape index (κ1) is 9.49. The molecule has 1 N–H and O–H groups in total. The van der Waals surface area contributed by atoms with Crippen molar-refractivity contribution in [2.45, 2.75) is 0 Å². The summed E-state index contributed by atoms with van der Waals surface area (Å²) in [4.78, 5) is 3.35. The molecule has 0 aliphatic carbocycles. The van der Waals surface area contributed by atoms with Crippen molar-refractivity contribution in [1.82, 2.24) is 4.98 Å². The van der Waals surface area contributed by atoms with Crippen molar-refractivity contribution in [3.8, 4) is 11.3 Å². The summed E-state index contributed by atoms with van der Waals surface area (Å²) in [5.74, 6) is 0. The number of rotatable bonds is 1. The van der Waals surface area contributed by atoms with Gasteiger partial charge in [0.25, 0.3) is 0 Å². The van der Waals surface area contributed by atoms with Crippen LogP contribution >= 0.6 is 11.6 Å². The first-order chi connectivity index (χ1) is 7.86. The maximum Gasteiger partial charge on any atom is 0.0740 e. The van der Waals surface area contributed by atoms with Crippen LogP contribution in [0.5, 0.6) is 0 Å².